The average molecular weight is 479 g/mol. The Balaban J connectivity index is 1.81. The van der Waals surface area contributed by atoms with E-state index in [0.717, 1.165) is 16.9 Å². The number of hydrogen-bond donors (Lipinski definition) is 0. The van der Waals surface area contributed by atoms with Crippen molar-refractivity contribution in [2.75, 3.05) is 6.54 Å². The van der Waals surface area contributed by atoms with Crippen molar-refractivity contribution in [1.82, 2.24) is 9.80 Å². The molecule has 1 heterocycles. The Morgan fingerprint density at radius 1 is 0.914 bits per heavy atom. The number of benzene rings is 2. The standard InChI is InChI=1S/C29H35FN2O3/c1-20(2)32(28(34)23-10-12-24(13-11-23)29(4,5)6)19-27(33)31(18-26-16-7-21(3)35-26)17-22-8-14-25(30)15-9-22/h7-16,20H,17-19H2,1-6H3. The molecule has 35 heavy (non-hydrogen) atoms. The fraction of sp³-hybridized carbons (Fsp3) is 0.379. The van der Waals surface area contributed by atoms with Crippen LogP contribution in [0.1, 0.15) is 67.6 Å². The third kappa shape index (κ3) is 7.04. The van der Waals surface area contributed by atoms with Crippen LogP contribution in [0, 0.1) is 12.7 Å². The number of nitrogens with zero attached hydrogens (tertiary/aromatic N) is 2. The average Bonchev–Trinajstić information content (AvgIpc) is 3.21. The number of aryl methyl sites for hydroxylation is 1. The van der Waals surface area contributed by atoms with Gasteiger partial charge in [-0.25, -0.2) is 4.39 Å². The van der Waals surface area contributed by atoms with E-state index in [1.807, 2.05) is 57.2 Å². The fourth-order valence-electron chi connectivity index (χ4n) is 3.81. The number of carbonyl (C=O) groups is 2. The van der Waals surface area contributed by atoms with Gasteiger partial charge < -0.3 is 14.2 Å². The molecule has 2 aromatic carbocycles. The van der Waals surface area contributed by atoms with Crippen LogP contribution in [-0.2, 0) is 23.3 Å². The molecule has 0 radical (unpaired) electrons. The largest absolute Gasteiger partial charge is 0.464 e. The molecule has 0 bridgehead atoms. The summed E-state index contributed by atoms with van der Waals surface area (Å²) in [6, 6.07) is 17.2. The van der Waals surface area contributed by atoms with Gasteiger partial charge in [0.2, 0.25) is 5.91 Å². The highest BCUT2D eigenvalue weighted by Crippen LogP contribution is 2.23. The minimum Gasteiger partial charge on any atom is -0.464 e. The molecule has 5 nitrogen and oxygen atoms in total. The first-order valence-corrected chi connectivity index (χ1v) is 11.9. The van der Waals surface area contributed by atoms with Gasteiger partial charge >= 0.3 is 0 Å². The lowest BCUT2D eigenvalue weighted by Crippen LogP contribution is -2.45. The quantitative estimate of drug-likeness (QED) is 0.393. The molecule has 3 rings (SSSR count). The molecule has 0 unspecified atom stereocenters. The van der Waals surface area contributed by atoms with E-state index < -0.39 is 0 Å². The maximum Gasteiger partial charge on any atom is 0.254 e. The highest BCUT2D eigenvalue weighted by atomic mass is 19.1. The highest BCUT2D eigenvalue weighted by molar-refractivity contribution is 5.96. The summed E-state index contributed by atoms with van der Waals surface area (Å²) in [4.78, 5) is 30.1. The van der Waals surface area contributed by atoms with E-state index in [1.165, 1.54) is 12.1 Å². The predicted octanol–water partition coefficient (Wildman–Crippen LogP) is 6.10. The summed E-state index contributed by atoms with van der Waals surface area (Å²) in [5, 5.41) is 0. The van der Waals surface area contributed by atoms with Crippen molar-refractivity contribution < 1.29 is 18.4 Å². The third-order valence-electron chi connectivity index (χ3n) is 5.97. The minimum atomic E-state index is -0.331. The van der Waals surface area contributed by atoms with Gasteiger partial charge in [-0.1, -0.05) is 45.0 Å². The molecule has 186 valence electrons. The van der Waals surface area contributed by atoms with Gasteiger partial charge in [0, 0.05) is 18.2 Å². The van der Waals surface area contributed by atoms with Crippen molar-refractivity contribution in [3.8, 4) is 0 Å². The first-order valence-electron chi connectivity index (χ1n) is 11.9. The van der Waals surface area contributed by atoms with Crippen LogP contribution in [0.3, 0.4) is 0 Å². The highest BCUT2D eigenvalue weighted by Gasteiger charge is 2.26. The summed E-state index contributed by atoms with van der Waals surface area (Å²) in [6.07, 6.45) is 0. The Kier molecular flexibility index (Phi) is 8.15. The van der Waals surface area contributed by atoms with Crippen molar-refractivity contribution in [3.05, 3.63) is 94.7 Å². The van der Waals surface area contributed by atoms with E-state index in [4.69, 9.17) is 4.42 Å². The number of carbonyl (C=O) groups excluding carboxylic acids is 2. The van der Waals surface area contributed by atoms with Crippen LogP contribution >= 0.6 is 0 Å². The number of rotatable bonds is 8. The van der Waals surface area contributed by atoms with Gasteiger partial charge in [0.05, 0.1) is 6.54 Å². The number of halogens is 1. The molecule has 0 aliphatic carbocycles. The van der Waals surface area contributed by atoms with Crippen LogP contribution in [0.25, 0.3) is 0 Å². The molecule has 0 fully saturated rings. The summed E-state index contributed by atoms with van der Waals surface area (Å²) in [5.74, 6) is 0.675. The molecule has 0 spiro atoms. The zero-order valence-corrected chi connectivity index (χ0v) is 21.5. The van der Waals surface area contributed by atoms with Crippen LogP contribution in [-0.4, -0.2) is 34.2 Å². The van der Waals surface area contributed by atoms with Crippen LogP contribution in [0.4, 0.5) is 4.39 Å². The predicted molar refractivity (Wildman–Crippen MR) is 135 cm³/mol. The van der Waals surface area contributed by atoms with E-state index in [-0.39, 0.29) is 48.7 Å². The lowest BCUT2D eigenvalue weighted by atomic mass is 9.86. The van der Waals surface area contributed by atoms with E-state index >= 15 is 0 Å². The first kappa shape index (κ1) is 26.2. The molecular weight excluding hydrogens is 443 g/mol. The molecule has 2 amide bonds. The normalized spacial score (nSPS) is 11.5. The van der Waals surface area contributed by atoms with Crippen molar-refractivity contribution >= 4 is 11.8 Å². The summed E-state index contributed by atoms with van der Waals surface area (Å²) in [6.45, 7) is 12.5. The van der Waals surface area contributed by atoms with E-state index in [9.17, 15) is 14.0 Å². The molecule has 0 N–H and O–H groups in total. The molecule has 3 aromatic rings. The van der Waals surface area contributed by atoms with Crippen LogP contribution in [0.15, 0.2) is 65.1 Å². The van der Waals surface area contributed by atoms with Gasteiger partial charge in [0.25, 0.3) is 5.91 Å². The molecule has 0 atom stereocenters. The molecular formula is C29H35FN2O3. The van der Waals surface area contributed by atoms with Gasteiger partial charge in [-0.15, -0.1) is 0 Å². The Hall–Kier alpha value is -3.41. The fourth-order valence-corrected chi connectivity index (χ4v) is 3.81. The molecule has 1 aromatic heterocycles. The number of amides is 2. The third-order valence-corrected chi connectivity index (χ3v) is 5.97. The molecule has 0 aliphatic heterocycles. The Bertz CT molecular complexity index is 1140. The molecule has 0 saturated carbocycles. The minimum absolute atomic E-state index is 0.0136. The first-order chi connectivity index (χ1) is 16.4. The van der Waals surface area contributed by atoms with Gasteiger partial charge in [0.1, 0.15) is 23.9 Å². The lowest BCUT2D eigenvalue weighted by Gasteiger charge is -2.30. The van der Waals surface area contributed by atoms with Crippen LogP contribution in [0.2, 0.25) is 0 Å². The second-order valence-corrected chi connectivity index (χ2v) is 10.2. The SMILES string of the molecule is Cc1ccc(CN(Cc2ccc(F)cc2)C(=O)CN(C(=O)c2ccc(C(C)(C)C)cc2)C(C)C)o1. The Morgan fingerprint density at radius 3 is 2.06 bits per heavy atom. The maximum absolute atomic E-state index is 13.5. The van der Waals surface area contributed by atoms with Gasteiger partial charge in [-0.3, -0.25) is 9.59 Å². The summed E-state index contributed by atoms with van der Waals surface area (Å²) >= 11 is 0. The smallest absolute Gasteiger partial charge is 0.254 e. The number of hydrogen-bond acceptors (Lipinski definition) is 3. The monoisotopic (exact) mass is 478 g/mol. The van der Waals surface area contributed by atoms with E-state index in [0.29, 0.717) is 11.3 Å². The Morgan fingerprint density at radius 2 is 1.54 bits per heavy atom. The summed E-state index contributed by atoms with van der Waals surface area (Å²) < 4.78 is 19.1. The molecule has 0 saturated heterocycles. The maximum atomic E-state index is 13.5. The van der Waals surface area contributed by atoms with Crippen LogP contribution in [0.5, 0.6) is 0 Å². The lowest BCUT2D eigenvalue weighted by molar-refractivity contribution is -0.133. The van der Waals surface area contributed by atoms with Gasteiger partial charge in [-0.2, -0.15) is 0 Å². The second kappa shape index (κ2) is 10.9. The van der Waals surface area contributed by atoms with Crippen molar-refractivity contribution in [3.63, 3.8) is 0 Å². The van der Waals surface area contributed by atoms with Gasteiger partial charge in [0.15, 0.2) is 0 Å². The zero-order chi connectivity index (χ0) is 25.8. The molecule has 0 aliphatic rings. The van der Waals surface area contributed by atoms with Crippen molar-refractivity contribution in [2.24, 2.45) is 0 Å². The Labute approximate surface area is 207 Å². The topological polar surface area (TPSA) is 53.8 Å². The summed E-state index contributed by atoms with van der Waals surface area (Å²) in [5.41, 5.74) is 2.47. The van der Waals surface area contributed by atoms with E-state index in [2.05, 4.69) is 20.8 Å². The molecule has 6 heteroatoms. The van der Waals surface area contributed by atoms with Crippen LogP contribution < -0.4 is 0 Å². The van der Waals surface area contributed by atoms with Gasteiger partial charge in [-0.05, 0) is 73.7 Å². The van der Waals surface area contributed by atoms with Crippen molar-refractivity contribution in [2.45, 2.75) is 66.1 Å². The second-order valence-electron chi connectivity index (χ2n) is 10.2. The summed E-state index contributed by atoms with van der Waals surface area (Å²) in [7, 11) is 0. The van der Waals surface area contributed by atoms with Crippen molar-refractivity contribution in [1.29, 1.82) is 0 Å². The number of furan rings is 1. The zero-order valence-electron chi connectivity index (χ0n) is 21.5. The van der Waals surface area contributed by atoms with E-state index in [1.54, 1.807) is 21.9 Å².